The van der Waals surface area contributed by atoms with Crippen molar-refractivity contribution in [1.82, 2.24) is 14.5 Å². The van der Waals surface area contributed by atoms with Crippen LogP contribution >= 0.6 is 0 Å². The molecular formula is C16H27N3O3. The topological polar surface area (TPSA) is 59.8 Å². The third kappa shape index (κ3) is 4.52. The largest absolute Gasteiger partial charge is 0.389 e. The van der Waals surface area contributed by atoms with Crippen LogP contribution in [-0.4, -0.2) is 71.2 Å². The van der Waals surface area contributed by atoms with Crippen molar-refractivity contribution in [2.75, 3.05) is 39.5 Å². The average Bonchev–Trinajstić information content (AvgIpc) is 3.09. The van der Waals surface area contributed by atoms with Gasteiger partial charge in [-0.1, -0.05) is 0 Å². The maximum Gasteiger partial charge on any atom is 0.0948 e. The third-order valence-electron chi connectivity index (χ3n) is 4.67. The summed E-state index contributed by atoms with van der Waals surface area (Å²) in [5, 5.41) is 10.2. The zero-order valence-electron chi connectivity index (χ0n) is 13.1. The van der Waals surface area contributed by atoms with Crippen LogP contribution in [0.25, 0.3) is 0 Å². The van der Waals surface area contributed by atoms with Gasteiger partial charge in [0.2, 0.25) is 0 Å². The van der Waals surface area contributed by atoms with Crippen molar-refractivity contribution in [3.8, 4) is 0 Å². The number of aliphatic hydroxyl groups is 1. The van der Waals surface area contributed by atoms with Crippen molar-refractivity contribution < 1.29 is 14.6 Å². The van der Waals surface area contributed by atoms with Crippen LogP contribution in [0.2, 0.25) is 0 Å². The molecule has 124 valence electrons. The molecule has 1 aromatic heterocycles. The number of hydrogen-bond acceptors (Lipinski definition) is 5. The Bertz CT molecular complexity index is 412. The lowest BCUT2D eigenvalue weighted by Gasteiger charge is -2.34. The molecule has 2 aliphatic rings. The van der Waals surface area contributed by atoms with Crippen LogP contribution in [0.3, 0.4) is 0 Å². The molecule has 0 aromatic carbocycles. The lowest BCUT2D eigenvalue weighted by Crippen LogP contribution is -2.41. The highest BCUT2D eigenvalue weighted by Gasteiger charge is 2.22. The minimum absolute atomic E-state index is 0.260. The standard InChI is InChI=1S/C16H27N3O3/c20-15(12-22-16-3-9-21-10-4-16)11-18-6-1-14(2-7-18)19-8-5-17-13-19/h5,8,13-16,20H,1-4,6-7,9-12H2. The molecule has 0 spiro atoms. The molecule has 2 saturated heterocycles. The number of aliphatic hydroxyl groups excluding tert-OH is 1. The summed E-state index contributed by atoms with van der Waals surface area (Å²) in [6.45, 7) is 4.76. The number of piperidine rings is 1. The molecular weight excluding hydrogens is 282 g/mol. The maximum atomic E-state index is 10.2. The van der Waals surface area contributed by atoms with E-state index in [2.05, 4.69) is 14.5 Å². The van der Waals surface area contributed by atoms with E-state index in [1.807, 2.05) is 18.7 Å². The molecule has 1 atom stereocenters. The van der Waals surface area contributed by atoms with Crippen molar-refractivity contribution in [3.05, 3.63) is 18.7 Å². The fourth-order valence-electron chi connectivity index (χ4n) is 3.33. The van der Waals surface area contributed by atoms with Gasteiger partial charge in [-0.2, -0.15) is 0 Å². The molecule has 2 aliphatic heterocycles. The lowest BCUT2D eigenvalue weighted by atomic mass is 10.0. The first kappa shape index (κ1) is 15.9. The Morgan fingerprint density at radius 1 is 1.23 bits per heavy atom. The Labute approximate surface area is 132 Å². The predicted octanol–water partition coefficient (Wildman–Crippen LogP) is 1.08. The SMILES string of the molecule is OC(COC1CCOCC1)CN1CCC(n2ccnc2)CC1. The summed E-state index contributed by atoms with van der Waals surface area (Å²) in [5.74, 6) is 0. The molecule has 3 rings (SSSR count). The van der Waals surface area contributed by atoms with Crippen LogP contribution in [0.15, 0.2) is 18.7 Å². The van der Waals surface area contributed by atoms with Crippen molar-refractivity contribution >= 4 is 0 Å². The molecule has 0 amide bonds. The molecule has 1 aromatic rings. The molecule has 22 heavy (non-hydrogen) atoms. The summed E-state index contributed by atoms with van der Waals surface area (Å²) in [5.41, 5.74) is 0. The Hall–Kier alpha value is -0.950. The first-order valence-corrected chi connectivity index (χ1v) is 8.38. The highest BCUT2D eigenvalue weighted by Crippen LogP contribution is 2.22. The van der Waals surface area contributed by atoms with Crippen molar-refractivity contribution in [2.24, 2.45) is 0 Å². The van der Waals surface area contributed by atoms with Crippen LogP contribution in [0, 0.1) is 0 Å². The number of rotatable bonds is 6. The second-order valence-corrected chi connectivity index (χ2v) is 6.34. The number of ether oxygens (including phenoxy) is 2. The van der Waals surface area contributed by atoms with Gasteiger partial charge in [-0.25, -0.2) is 4.98 Å². The predicted molar refractivity (Wildman–Crippen MR) is 82.7 cm³/mol. The molecule has 0 bridgehead atoms. The highest BCUT2D eigenvalue weighted by atomic mass is 16.5. The molecule has 3 heterocycles. The Balaban J connectivity index is 1.33. The van der Waals surface area contributed by atoms with Crippen molar-refractivity contribution in [3.63, 3.8) is 0 Å². The van der Waals surface area contributed by atoms with Crippen LogP contribution < -0.4 is 0 Å². The lowest BCUT2D eigenvalue weighted by molar-refractivity contribution is -0.0652. The molecule has 2 fully saturated rings. The summed E-state index contributed by atoms with van der Waals surface area (Å²) in [4.78, 5) is 6.46. The van der Waals surface area contributed by atoms with E-state index in [1.165, 1.54) is 0 Å². The van der Waals surface area contributed by atoms with Crippen molar-refractivity contribution in [1.29, 1.82) is 0 Å². The summed E-state index contributed by atoms with van der Waals surface area (Å²) < 4.78 is 13.3. The second kappa shape index (κ2) is 8.06. The van der Waals surface area contributed by atoms with E-state index in [1.54, 1.807) is 0 Å². The van der Waals surface area contributed by atoms with Gasteiger partial charge in [0.1, 0.15) is 0 Å². The number of hydrogen-bond donors (Lipinski definition) is 1. The molecule has 0 saturated carbocycles. The summed E-state index contributed by atoms with van der Waals surface area (Å²) in [6.07, 6.45) is 9.76. The number of imidazole rings is 1. The van der Waals surface area contributed by atoms with Crippen LogP contribution in [0.4, 0.5) is 0 Å². The Morgan fingerprint density at radius 2 is 2.00 bits per heavy atom. The van der Waals surface area contributed by atoms with Gasteiger partial charge < -0.3 is 24.0 Å². The zero-order valence-corrected chi connectivity index (χ0v) is 13.1. The number of β-amino-alcohol motifs (C(OH)–C–C–N with tert-alkyl or cyclic N) is 1. The minimum atomic E-state index is -0.396. The summed E-state index contributed by atoms with van der Waals surface area (Å²) in [6, 6.07) is 0.550. The summed E-state index contributed by atoms with van der Waals surface area (Å²) in [7, 11) is 0. The van der Waals surface area contributed by atoms with Crippen molar-refractivity contribution in [2.45, 2.75) is 43.9 Å². The summed E-state index contributed by atoms with van der Waals surface area (Å²) >= 11 is 0. The van der Waals surface area contributed by atoms with Gasteiger partial charge in [-0.05, 0) is 25.7 Å². The van der Waals surface area contributed by atoms with E-state index in [-0.39, 0.29) is 6.10 Å². The highest BCUT2D eigenvalue weighted by molar-refractivity contribution is 4.84. The van der Waals surface area contributed by atoms with Crippen LogP contribution in [-0.2, 0) is 9.47 Å². The molecule has 0 aliphatic carbocycles. The molecule has 1 N–H and O–H groups in total. The van der Waals surface area contributed by atoms with E-state index in [0.29, 0.717) is 19.2 Å². The van der Waals surface area contributed by atoms with Gasteiger partial charge in [-0.15, -0.1) is 0 Å². The number of nitrogens with zero attached hydrogens (tertiary/aromatic N) is 3. The number of aromatic nitrogens is 2. The Morgan fingerprint density at radius 3 is 2.68 bits per heavy atom. The fourth-order valence-corrected chi connectivity index (χ4v) is 3.33. The third-order valence-corrected chi connectivity index (χ3v) is 4.67. The molecule has 6 nitrogen and oxygen atoms in total. The monoisotopic (exact) mass is 309 g/mol. The maximum absolute atomic E-state index is 10.2. The molecule has 1 unspecified atom stereocenters. The van der Waals surface area contributed by atoms with Gasteiger partial charge >= 0.3 is 0 Å². The molecule has 0 radical (unpaired) electrons. The zero-order chi connectivity index (χ0) is 15.2. The normalized spacial score (nSPS) is 23.7. The second-order valence-electron chi connectivity index (χ2n) is 6.34. The van der Waals surface area contributed by atoms with Crippen LogP contribution in [0.1, 0.15) is 31.7 Å². The minimum Gasteiger partial charge on any atom is -0.389 e. The van der Waals surface area contributed by atoms with E-state index < -0.39 is 6.10 Å². The Kier molecular flexibility index (Phi) is 5.83. The van der Waals surface area contributed by atoms with Gasteiger partial charge in [-0.3, -0.25) is 0 Å². The first-order valence-electron chi connectivity index (χ1n) is 8.38. The van der Waals surface area contributed by atoms with Gasteiger partial charge in [0, 0.05) is 51.3 Å². The smallest absolute Gasteiger partial charge is 0.0948 e. The first-order chi connectivity index (χ1) is 10.8. The molecule has 6 heteroatoms. The van der Waals surface area contributed by atoms with E-state index >= 15 is 0 Å². The van der Waals surface area contributed by atoms with Gasteiger partial charge in [0.15, 0.2) is 0 Å². The average molecular weight is 309 g/mol. The van der Waals surface area contributed by atoms with E-state index in [0.717, 1.165) is 52.0 Å². The van der Waals surface area contributed by atoms with Gasteiger partial charge in [0.25, 0.3) is 0 Å². The fraction of sp³-hybridized carbons (Fsp3) is 0.812. The van der Waals surface area contributed by atoms with E-state index in [9.17, 15) is 5.11 Å². The van der Waals surface area contributed by atoms with Crippen LogP contribution in [0.5, 0.6) is 0 Å². The van der Waals surface area contributed by atoms with Gasteiger partial charge in [0.05, 0.1) is 25.1 Å². The van der Waals surface area contributed by atoms with E-state index in [4.69, 9.17) is 9.47 Å². The number of likely N-dealkylation sites (tertiary alicyclic amines) is 1. The quantitative estimate of drug-likeness (QED) is 0.852.